The van der Waals surface area contributed by atoms with E-state index in [2.05, 4.69) is 50.7 Å². The Balaban J connectivity index is 1.85. The van der Waals surface area contributed by atoms with Gasteiger partial charge in [0.05, 0.1) is 0 Å². The summed E-state index contributed by atoms with van der Waals surface area (Å²) in [6.07, 6.45) is 0.989. The molecule has 7 heteroatoms. The van der Waals surface area contributed by atoms with Crippen molar-refractivity contribution in [2.24, 2.45) is 11.5 Å². The van der Waals surface area contributed by atoms with Crippen LogP contribution in [0.2, 0.25) is 0 Å². The largest absolute Gasteiger partial charge is 0.330 e. The molecule has 0 radical (unpaired) electrons. The average molecular weight is 352 g/mol. The van der Waals surface area contributed by atoms with Crippen molar-refractivity contribution in [3.05, 3.63) is 35.9 Å². The molecular formula is C18H37N7. The van der Waals surface area contributed by atoms with Gasteiger partial charge in [-0.2, -0.15) is 0 Å². The predicted octanol–water partition coefficient (Wildman–Crippen LogP) is -0.930. The van der Waals surface area contributed by atoms with Gasteiger partial charge in [0, 0.05) is 65.4 Å². The lowest BCUT2D eigenvalue weighted by Crippen LogP contribution is -2.45. The highest BCUT2D eigenvalue weighted by Crippen LogP contribution is 1.96. The fraction of sp³-hybridized carbons (Fsp3) is 0.667. The molecule has 1 rings (SSSR count). The number of nitrogens with zero attached hydrogens (tertiary/aromatic N) is 1. The van der Waals surface area contributed by atoms with Crippen LogP contribution in [0.5, 0.6) is 0 Å². The van der Waals surface area contributed by atoms with E-state index >= 15 is 0 Å². The molecule has 7 nitrogen and oxygen atoms in total. The summed E-state index contributed by atoms with van der Waals surface area (Å²) in [6.45, 7) is 9.87. The van der Waals surface area contributed by atoms with E-state index in [4.69, 9.17) is 11.5 Å². The monoisotopic (exact) mass is 351 g/mol. The number of hydrogen-bond acceptors (Lipinski definition) is 7. The first-order valence-electron chi connectivity index (χ1n) is 9.41. The molecule has 0 atom stereocenters. The summed E-state index contributed by atoms with van der Waals surface area (Å²) in [4.78, 5) is 0. The Hall–Kier alpha value is -1.06. The molecule has 0 aromatic heterocycles. The minimum atomic E-state index is 0.660. The normalized spacial score (nSPS) is 11.3. The molecule has 0 aliphatic heterocycles. The fourth-order valence-electron chi connectivity index (χ4n) is 2.44. The highest BCUT2D eigenvalue weighted by molar-refractivity contribution is 5.14. The average Bonchev–Trinajstić information content (AvgIpc) is 2.64. The lowest BCUT2D eigenvalue weighted by atomic mass is 10.2. The van der Waals surface area contributed by atoms with Gasteiger partial charge >= 0.3 is 0 Å². The van der Waals surface area contributed by atoms with E-state index in [0.717, 1.165) is 65.3 Å². The fourth-order valence-corrected chi connectivity index (χ4v) is 2.44. The van der Waals surface area contributed by atoms with Gasteiger partial charge in [0.15, 0.2) is 0 Å². The molecule has 0 aliphatic carbocycles. The van der Waals surface area contributed by atoms with Gasteiger partial charge in [-0.25, -0.2) is 5.01 Å². The van der Waals surface area contributed by atoms with E-state index in [9.17, 15) is 0 Å². The molecule has 1 aromatic rings. The third-order valence-electron chi connectivity index (χ3n) is 3.80. The molecule has 0 aliphatic rings. The third kappa shape index (κ3) is 12.9. The molecule has 0 saturated heterocycles. The van der Waals surface area contributed by atoms with Crippen molar-refractivity contribution in [3.8, 4) is 0 Å². The van der Waals surface area contributed by atoms with Gasteiger partial charge in [0.1, 0.15) is 0 Å². The zero-order chi connectivity index (χ0) is 18.0. The van der Waals surface area contributed by atoms with Gasteiger partial charge in [-0.1, -0.05) is 30.3 Å². The molecule has 1 aromatic carbocycles. The summed E-state index contributed by atoms with van der Waals surface area (Å²) in [6, 6.07) is 10.5. The minimum absolute atomic E-state index is 0.660. The molecule has 0 heterocycles. The van der Waals surface area contributed by atoms with Crippen LogP contribution in [0.3, 0.4) is 0 Å². The topological polar surface area (TPSA) is 103 Å². The SMILES string of the molecule is NCCCN(CCN)NCCNCCNCCNCc1ccccc1. The first kappa shape index (κ1) is 22.0. The summed E-state index contributed by atoms with van der Waals surface area (Å²) >= 11 is 0. The summed E-state index contributed by atoms with van der Waals surface area (Å²) in [5, 5.41) is 12.5. The van der Waals surface area contributed by atoms with Crippen molar-refractivity contribution in [2.75, 3.05) is 65.4 Å². The Morgan fingerprint density at radius 3 is 2.00 bits per heavy atom. The molecule has 25 heavy (non-hydrogen) atoms. The van der Waals surface area contributed by atoms with Crippen LogP contribution in [0, 0.1) is 0 Å². The van der Waals surface area contributed by atoms with Crippen LogP contribution in [0.4, 0.5) is 0 Å². The van der Waals surface area contributed by atoms with Crippen LogP contribution < -0.4 is 32.8 Å². The first-order chi connectivity index (χ1) is 12.4. The Labute approximate surface area is 152 Å². The molecule has 0 bridgehead atoms. The molecule has 0 spiro atoms. The Morgan fingerprint density at radius 2 is 1.36 bits per heavy atom. The van der Waals surface area contributed by atoms with E-state index in [1.54, 1.807) is 0 Å². The smallest absolute Gasteiger partial charge is 0.0254 e. The predicted molar refractivity (Wildman–Crippen MR) is 106 cm³/mol. The summed E-state index contributed by atoms with van der Waals surface area (Å²) in [5.74, 6) is 0. The van der Waals surface area contributed by atoms with Crippen molar-refractivity contribution < 1.29 is 0 Å². The van der Waals surface area contributed by atoms with E-state index in [1.807, 2.05) is 6.07 Å². The second-order valence-electron chi connectivity index (χ2n) is 5.99. The number of rotatable bonds is 17. The van der Waals surface area contributed by atoms with Gasteiger partial charge in [-0.05, 0) is 18.5 Å². The van der Waals surface area contributed by atoms with Crippen LogP contribution in [0.1, 0.15) is 12.0 Å². The number of nitrogens with one attached hydrogen (secondary N) is 4. The van der Waals surface area contributed by atoms with Crippen LogP contribution in [0.25, 0.3) is 0 Å². The summed E-state index contributed by atoms with van der Waals surface area (Å²) < 4.78 is 0. The van der Waals surface area contributed by atoms with Gasteiger partial charge in [-0.15, -0.1) is 0 Å². The highest BCUT2D eigenvalue weighted by Gasteiger charge is 2.01. The van der Waals surface area contributed by atoms with E-state index in [1.165, 1.54) is 5.56 Å². The second-order valence-corrected chi connectivity index (χ2v) is 5.99. The maximum absolute atomic E-state index is 5.61. The van der Waals surface area contributed by atoms with Crippen molar-refractivity contribution in [2.45, 2.75) is 13.0 Å². The Bertz CT molecular complexity index is 388. The minimum Gasteiger partial charge on any atom is -0.330 e. The molecule has 0 unspecified atom stereocenters. The molecule has 8 N–H and O–H groups in total. The standard InChI is InChI=1S/C18H37N7/c19-7-4-15-25(16-8-20)24-14-13-22-10-9-21-11-12-23-17-18-5-2-1-3-6-18/h1-3,5-6,21-24H,4,7-17,19-20H2. The summed E-state index contributed by atoms with van der Waals surface area (Å²) in [7, 11) is 0. The number of hydrazine groups is 1. The Kier molecular flexibility index (Phi) is 14.4. The molecule has 144 valence electrons. The maximum Gasteiger partial charge on any atom is 0.0254 e. The van der Waals surface area contributed by atoms with Crippen molar-refractivity contribution in [1.29, 1.82) is 0 Å². The molecule has 0 amide bonds. The highest BCUT2D eigenvalue weighted by atomic mass is 15.5. The van der Waals surface area contributed by atoms with Gasteiger partial charge in [0.25, 0.3) is 0 Å². The first-order valence-corrected chi connectivity index (χ1v) is 9.41. The maximum atomic E-state index is 5.61. The quantitative estimate of drug-likeness (QED) is 0.159. The van der Waals surface area contributed by atoms with Crippen molar-refractivity contribution in [1.82, 2.24) is 26.4 Å². The van der Waals surface area contributed by atoms with Gasteiger partial charge in [-0.3, -0.25) is 5.43 Å². The number of nitrogens with two attached hydrogens (primary N) is 2. The van der Waals surface area contributed by atoms with E-state index in [0.29, 0.717) is 13.1 Å². The molecule has 0 fully saturated rings. The van der Waals surface area contributed by atoms with Crippen molar-refractivity contribution in [3.63, 3.8) is 0 Å². The lowest BCUT2D eigenvalue weighted by molar-refractivity contribution is 0.192. The van der Waals surface area contributed by atoms with Gasteiger partial charge < -0.3 is 27.4 Å². The number of benzene rings is 1. The summed E-state index contributed by atoms with van der Waals surface area (Å²) in [5.41, 5.74) is 15.9. The lowest BCUT2D eigenvalue weighted by Gasteiger charge is -2.22. The molecule has 0 saturated carbocycles. The zero-order valence-electron chi connectivity index (χ0n) is 15.5. The molecular weight excluding hydrogens is 314 g/mol. The number of hydrogen-bond donors (Lipinski definition) is 6. The van der Waals surface area contributed by atoms with Crippen LogP contribution >= 0.6 is 0 Å². The van der Waals surface area contributed by atoms with Crippen LogP contribution in [-0.4, -0.2) is 70.5 Å². The second kappa shape index (κ2) is 16.4. The Morgan fingerprint density at radius 1 is 0.720 bits per heavy atom. The van der Waals surface area contributed by atoms with Gasteiger partial charge in [0.2, 0.25) is 0 Å². The third-order valence-corrected chi connectivity index (χ3v) is 3.80. The van der Waals surface area contributed by atoms with E-state index < -0.39 is 0 Å². The van der Waals surface area contributed by atoms with Crippen molar-refractivity contribution >= 4 is 0 Å². The zero-order valence-corrected chi connectivity index (χ0v) is 15.5. The van der Waals surface area contributed by atoms with Crippen LogP contribution in [0.15, 0.2) is 30.3 Å². The van der Waals surface area contributed by atoms with E-state index in [-0.39, 0.29) is 0 Å². The van der Waals surface area contributed by atoms with Crippen LogP contribution in [-0.2, 0) is 6.54 Å².